The van der Waals surface area contributed by atoms with Crippen LogP contribution in [0.3, 0.4) is 0 Å². The van der Waals surface area contributed by atoms with Crippen LogP contribution in [0.1, 0.15) is 32.6 Å². The Morgan fingerprint density at radius 3 is 2.21 bits per heavy atom. The van der Waals surface area contributed by atoms with Crippen molar-refractivity contribution in [2.45, 2.75) is 43.5 Å². The van der Waals surface area contributed by atoms with Gasteiger partial charge in [-0.15, -0.1) is 0 Å². The minimum atomic E-state index is -3.69. The van der Waals surface area contributed by atoms with Crippen LogP contribution in [0.15, 0.2) is 29.2 Å². The largest absolute Gasteiger partial charge is 0.273 e. The van der Waals surface area contributed by atoms with Crippen LogP contribution in [-0.4, -0.2) is 34.5 Å². The van der Waals surface area contributed by atoms with E-state index in [0.29, 0.717) is 0 Å². The lowest BCUT2D eigenvalue weighted by molar-refractivity contribution is -0.119. The van der Waals surface area contributed by atoms with Crippen LogP contribution in [0.25, 0.3) is 0 Å². The van der Waals surface area contributed by atoms with Gasteiger partial charge in [-0.05, 0) is 37.1 Å². The molecular formula is C15H20N2O5S2. The number of amides is 1. The molecule has 1 amide bonds. The Hall–Kier alpha value is -1.45. The number of sulfonamides is 2. The first-order valence-corrected chi connectivity index (χ1v) is 11.0. The molecule has 0 bridgehead atoms. The van der Waals surface area contributed by atoms with Gasteiger partial charge in [-0.1, -0.05) is 19.8 Å². The lowest BCUT2D eigenvalue weighted by Crippen LogP contribution is -2.33. The van der Waals surface area contributed by atoms with Gasteiger partial charge >= 0.3 is 0 Å². The predicted octanol–water partition coefficient (Wildman–Crippen LogP) is 1.22. The van der Waals surface area contributed by atoms with E-state index in [1.54, 1.807) is 6.92 Å². The van der Waals surface area contributed by atoms with Gasteiger partial charge in [0.2, 0.25) is 26.0 Å². The van der Waals surface area contributed by atoms with Crippen LogP contribution in [0.4, 0.5) is 5.69 Å². The van der Waals surface area contributed by atoms with Crippen molar-refractivity contribution < 1.29 is 21.6 Å². The fourth-order valence-corrected chi connectivity index (χ4v) is 6.30. The Balaban J connectivity index is 1.84. The van der Waals surface area contributed by atoms with E-state index in [2.05, 4.69) is 4.72 Å². The molecule has 1 aliphatic carbocycles. The lowest BCUT2D eigenvalue weighted by Gasteiger charge is -2.16. The van der Waals surface area contributed by atoms with Gasteiger partial charge in [0.05, 0.1) is 22.3 Å². The average molecular weight is 372 g/mol. The highest BCUT2D eigenvalue weighted by atomic mass is 32.2. The molecule has 7 nitrogen and oxygen atoms in total. The molecule has 1 saturated carbocycles. The van der Waals surface area contributed by atoms with Crippen LogP contribution in [0.2, 0.25) is 0 Å². The van der Waals surface area contributed by atoms with E-state index in [9.17, 15) is 21.6 Å². The molecule has 24 heavy (non-hydrogen) atoms. The summed E-state index contributed by atoms with van der Waals surface area (Å²) >= 11 is 0. The van der Waals surface area contributed by atoms with E-state index in [1.807, 2.05) is 0 Å². The van der Waals surface area contributed by atoms with E-state index < -0.39 is 31.9 Å². The number of nitrogens with zero attached hydrogens (tertiary/aromatic N) is 1. The molecule has 3 rings (SSSR count). The first kappa shape index (κ1) is 17.4. The zero-order valence-corrected chi connectivity index (χ0v) is 14.9. The second-order valence-electron chi connectivity index (χ2n) is 6.38. The fourth-order valence-electron chi connectivity index (χ4n) is 3.18. The maximum Gasteiger partial charge on any atom is 0.244 e. The Morgan fingerprint density at radius 2 is 1.71 bits per heavy atom. The summed E-state index contributed by atoms with van der Waals surface area (Å²) < 4.78 is 52.3. The van der Waals surface area contributed by atoms with Crippen molar-refractivity contribution >= 4 is 31.6 Å². The van der Waals surface area contributed by atoms with Gasteiger partial charge < -0.3 is 0 Å². The van der Waals surface area contributed by atoms with Crippen LogP contribution < -0.4 is 9.03 Å². The van der Waals surface area contributed by atoms with E-state index in [-0.39, 0.29) is 22.4 Å². The summed E-state index contributed by atoms with van der Waals surface area (Å²) in [5, 5.41) is 0. The minimum Gasteiger partial charge on any atom is -0.273 e. The molecule has 0 spiro atoms. The summed E-state index contributed by atoms with van der Waals surface area (Å²) in [4.78, 5) is 12.1. The highest BCUT2D eigenvalue weighted by Crippen LogP contribution is 2.29. The molecular weight excluding hydrogens is 352 g/mol. The van der Waals surface area contributed by atoms with Gasteiger partial charge in [0, 0.05) is 6.04 Å². The number of hydrogen-bond acceptors (Lipinski definition) is 5. The zero-order chi connectivity index (χ0) is 17.5. The Kier molecular flexibility index (Phi) is 4.43. The van der Waals surface area contributed by atoms with Crippen molar-refractivity contribution in [2.24, 2.45) is 5.92 Å². The van der Waals surface area contributed by atoms with Crippen LogP contribution in [0, 0.1) is 5.92 Å². The molecule has 2 fully saturated rings. The molecule has 1 aromatic carbocycles. The smallest absolute Gasteiger partial charge is 0.244 e. The predicted molar refractivity (Wildman–Crippen MR) is 89.5 cm³/mol. The van der Waals surface area contributed by atoms with Gasteiger partial charge in [-0.3, -0.25) is 4.79 Å². The number of hydrogen-bond donors (Lipinski definition) is 1. The molecule has 1 unspecified atom stereocenters. The minimum absolute atomic E-state index is 0.0453. The normalized spacial score (nSPS) is 24.6. The number of carbonyl (C=O) groups excluding carboxylic acids is 1. The molecule has 0 aromatic heterocycles. The van der Waals surface area contributed by atoms with Crippen molar-refractivity contribution in [3.63, 3.8) is 0 Å². The zero-order valence-electron chi connectivity index (χ0n) is 13.3. The molecule has 1 N–H and O–H groups in total. The maximum absolute atomic E-state index is 12.4. The van der Waals surface area contributed by atoms with Gasteiger partial charge in [0.15, 0.2) is 0 Å². The van der Waals surface area contributed by atoms with Crippen molar-refractivity contribution in [2.75, 3.05) is 10.1 Å². The Morgan fingerprint density at radius 1 is 1.12 bits per heavy atom. The second kappa shape index (κ2) is 6.12. The molecule has 1 aliphatic heterocycles. The highest BCUT2D eigenvalue weighted by Gasteiger charge is 2.42. The van der Waals surface area contributed by atoms with Crippen molar-refractivity contribution in [3.05, 3.63) is 24.3 Å². The number of benzene rings is 1. The summed E-state index contributed by atoms with van der Waals surface area (Å²) in [6.07, 6.45) is 3.68. The number of anilines is 1. The fraction of sp³-hybridized carbons (Fsp3) is 0.533. The molecule has 1 aromatic rings. The van der Waals surface area contributed by atoms with Crippen LogP contribution in [-0.2, 0) is 24.8 Å². The number of rotatable bonds is 4. The molecule has 0 radical (unpaired) electrons. The van der Waals surface area contributed by atoms with Crippen molar-refractivity contribution in [1.82, 2.24) is 4.72 Å². The summed E-state index contributed by atoms with van der Waals surface area (Å²) in [6.45, 7) is 1.56. The average Bonchev–Trinajstić information content (AvgIpc) is 3.05. The quantitative estimate of drug-likeness (QED) is 0.856. The SMILES string of the molecule is CC1CS(=O)(=O)N(c2ccc(S(=O)(=O)NC3CCCC3)cc2)C1=O. The van der Waals surface area contributed by atoms with E-state index in [0.717, 1.165) is 30.0 Å². The molecule has 1 atom stereocenters. The van der Waals surface area contributed by atoms with Gasteiger partial charge in [0.1, 0.15) is 0 Å². The van der Waals surface area contributed by atoms with Gasteiger partial charge in [0.25, 0.3) is 0 Å². The number of nitrogens with one attached hydrogen (secondary N) is 1. The van der Waals surface area contributed by atoms with Gasteiger partial charge in [-0.2, -0.15) is 0 Å². The molecule has 1 saturated heterocycles. The Bertz CT molecular complexity index is 840. The van der Waals surface area contributed by atoms with Crippen molar-refractivity contribution in [3.8, 4) is 0 Å². The first-order chi connectivity index (χ1) is 11.2. The molecule has 9 heteroatoms. The van der Waals surface area contributed by atoms with Crippen molar-refractivity contribution in [1.29, 1.82) is 0 Å². The van der Waals surface area contributed by atoms with Crippen LogP contribution >= 0.6 is 0 Å². The van der Waals surface area contributed by atoms with E-state index >= 15 is 0 Å². The summed E-state index contributed by atoms with van der Waals surface area (Å²) in [5.41, 5.74) is 0.171. The lowest BCUT2D eigenvalue weighted by atomic mass is 10.2. The third kappa shape index (κ3) is 3.20. The molecule has 132 valence electrons. The van der Waals surface area contributed by atoms with E-state index in [4.69, 9.17) is 0 Å². The summed E-state index contributed by atoms with van der Waals surface area (Å²) in [7, 11) is -7.33. The highest BCUT2D eigenvalue weighted by molar-refractivity contribution is 7.94. The maximum atomic E-state index is 12.4. The molecule has 2 aliphatic rings. The van der Waals surface area contributed by atoms with Gasteiger partial charge in [-0.25, -0.2) is 25.9 Å². The topological polar surface area (TPSA) is 101 Å². The first-order valence-electron chi connectivity index (χ1n) is 7.90. The third-order valence-electron chi connectivity index (χ3n) is 4.42. The van der Waals surface area contributed by atoms with Crippen LogP contribution in [0.5, 0.6) is 0 Å². The summed E-state index contributed by atoms with van der Waals surface area (Å²) in [6, 6.07) is 5.33. The standard InChI is InChI=1S/C15H20N2O5S2/c1-11-10-23(19,20)17(15(11)18)13-6-8-14(9-7-13)24(21,22)16-12-4-2-3-5-12/h6-9,11-12,16H,2-5,10H2,1H3. The van der Waals surface area contributed by atoms with E-state index in [1.165, 1.54) is 24.3 Å². The number of carbonyl (C=O) groups is 1. The second-order valence-corrected chi connectivity index (χ2v) is 9.96. The monoisotopic (exact) mass is 372 g/mol. The third-order valence-corrected chi connectivity index (χ3v) is 7.82. The Labute approximate surface area is 142 Å². The summed E-state index contributed by atoms with van der Waals surface area (Å²) in [5.74, 6) is -1.31. The molecule has 1 heterocycles.